The quantitative estimate of drug-likeness (QED) is 0.799. The molecule has 0 aromatic heterocycles. The highest BCUT2D eigenvalue weighted by Gasteiger charge is 2.21. The zero-order valence-electron chi connectivity index (χ0n) is 12.1. The first-order chi connectivity index (χ1) is 9.06. The van der Waals surface area contributed by atoms with E-state index in [-0.39, 0.29) is 24.5 Å². The average molecular weight is 268 g/mol. The number of benzene rings is 1. The van der Waals surface area contributed by atoms with Gasteiger partial charge in [-0.3, -0.25) is 0 Å². The van der Waals surface area contributed by atoms with E-state index in [0.717, 1.165) is 18.5 Å². The van der Waals surface area contributed by atoms with Gasteiger partial charge in [-0.05, 0) is 31.9 Å². The Hall–Kier alpha value is -1.13. The minimum atomic E-state index is -0.369. The lowest BCUT2D eigenvalue weighted by molar-refractivity contribution is 0.295. The second kappa shape index (κ2) is 7.46. The Bertz CT molecular complexity index is 392. The van der Waals surface area contributed by atoms with Gasteiger partial charge in [-0.15, -0.1) is 0 Å². The molecule has 0 fully saturated rings. The molecule has 1 rings (SSSR count). The maximum atomic E-state index is 14.0. The molecule has 0 unspecified atom stereocenters. The van der Waals surface area contributed by atoms with Crippen molar-refractivity contribution in [1.29, 1.82) is 0 Å². The van der Waals surface area contributed by atoms with Crippen LogP contribution < -0.4 is 10.6 Å². The predicted molar refractivity (Wildman–Crippen MR) is 77.8 cm³/mol. The molecule has 19 heavy (non-hydrogen) atoms. The molecular weight excluding hydrogens is 243 g/mol. The first-order valence-electron chi connectivity index (χ1n) is 6.98. The number of aliphatic hydroxyl groups excluding tert-OH is 1. The van der Waals surface area contributed by atoms with Crippen molar-refractivity contribution in [2.45, 2.75) is 45.7 Å². The number of rotatable bonds is 7. The monoisotopic (exact) mass is 268 g/mol. The largest absolute Gasteiger partial charge is 0.395 e. The number of nitrogens with two attached hydrogens (primary N) is 1. The van der Waals surface area contributed by atoms with Gasteiger partial charge in [0.05, 0.1) is 6.61 Å². The highest BCUT2D eigenvalue weighted by atomic mass is 19.1. The highest BCUT2D eigenvalue weighted by molar-refractivity contribution is 5.56. The standard InChI is InChI=1S/C15H25FN2O/c1-4-12(5-2)18(9-10-19)14-8-6-7-13(16)15(14)11(3)17/h6-8,11-12,19H,4-5,9-10,17H2,1-3H3/t11-/m0/s1. The molecule has 0 bridgehead atoms. The van der Waals surface area contributed by atoms with Gasteiger partial charge in [0, 0.05) is 29.9 Å². The lowest BCUT2D eigenvalue weighted by Gasteiger charge is -2.34. The molecule has 108 valence electrons. The summed E-state index contributed by atoms with van der Waals surface area (Å²) in [6.07, 6.45) is 1.90. The fourth-order valence-electron chi connectivity index (χ4n) is 2.56. The SMILES string of the molecule is CCC(CC)N(CCO)c1cccc(F)c1[C@H](C)N. The number of hydrogen-bond acceptors (Lipinski definition) is 3. The molecule has 1 aromatic rings. The van der Waals surface area contributed by atoms with E-state index in [1.165, 1.54) is 6.07 Å². The zero-order chi connectivity index (χ0) is 14.4. The van der Waals surface area contributed by atoms with Crippen LogP contribution in [0.4, 0.5) is 10.1 Å². The van der Waals surface area contributed by atoms with Crippen LogP contribution >= 0.6 is 0 Å². The Kier molecular flexibility index (Phi) is 6.25. The van der Waals surface area contributed by atoms with Crippen molar-refractivity contribution in [2.24, 2.45) is 5.73 Å². The van der Waals surface area contributed by atoms with Crippen LogP contribution in [0.2, 0.25) is 0 Å². The van der Waals surface area contributed by atoms with Crippen molar-refractivity contribution >= 4 is 5.69 Å². The van der Waals surface area contributed by atoms with Crippen LogP contribution in [0.15, 0.2) is 18.2 Å². The maximum Gasteiger partial charge on any atom is 0.130 e. The number of aliphatic hydroxyl groups is 1. The van der Waals surface area contributed by atoms with Gasteiger partial charge in [-0.1, -0.05) is 19.9 Å². The van der Waals surface area contributed by atoms with Gasteiger partial charge < -0.3 is 15.7 Å². The lowest BCUT2D eigenvalue weighted by Crippen LogP contribution is -2.38. The summed E-state index contributed by atoms with van der Waals surface area (Å²) >= 11 is 0. The average Bonchev–Trinajstić information content (AvgIpc) is 2.38. The Morgan fingerprint density at radius 2 is 1.95 bits per heavy atom. The molecule has 1 aromatic carbocycles. The van der Waals surface area contributed by atoms with Crippen LogP contribution in [0.5, 0.6) is 0 Å². The van der Waals surface area contributed by atoms with Crippen LogP contribution in [0.1, 0.15) is 45.2 Å². The fourth-order valence-corrected chi connectivity index (χ4v) is 2.56. The molecule has 0 saturated heterocycles. The van der Waals surface area contributed by atoms with E-state index in [4.69, 9.17) is 5.73 Å². The Morgan fingerprint density at radius 1 is 1.32 bits per heavy atom. The normalized spacial score (nSPS) is 12.8. The molecule has 4 heteroatoms. The molecule has 0 spiro atoms. The van der Waals surface area contributed by atoms with E-state index in [1.807, 2.05) is 6.07 Å². The van der Waals surface area contributed by atoms with Gasteiger partial charge in [-0.25, -0.2) is 4.39 Å². The molecule has 0 amide bonds. The van der Waals surface area contributed by atoms with Crippen LogP contribution in [0.3, 0.4) is 0 Å². The summed E-state index contributed by atoms with van der Waals surface area (Å²) < 4.78 is 14.0. The molecule has 0 heterocycles. The first kappa shape index (κ1) is 15.9. The van der Waals surface area contributed by atoms with Crippen molar-refractivity contribution in [3.05, 3.63) is 29.6 Å². The summed E-state index contributed by atoms with van der Waals surface area (Å²) in [4.78, 5) is 2.07. The molecule has 3 N–H and O–H groups in total. The number of anilines is 1. The van der Waals surface area contributed by atoms with Crippen molar-refractivity contribution < 1.29 is 9.50 Å². The van der Waals surface area contributed by atoms with E-state index in [2.05, 4.69) is 18.7 Å². The van der Waals surface area contributed by atoms with Crippen molar-refractivity contribution in [2.75, 3.05) is 18.1 Å². The van der Waals surface area contributed by atoms with Gasteiger partial charge in [-0.2, -0.15) is 0 Å². The van der Waals surface area contributed by atoms with Crippen LogP contribution in [0, 0.1) is 5.82 Å². The third-order valence-electron chi connectivity index (χ3n) is 3.52. The van der Waals surface area contributed by atoms with Gasteiger partial charge >= 0.3 is 0 Å². The third-order valence-corrected chi connectivity index (χ3v) is 3.52. The molecule has 3 nitrogen and oxygen atoms in total. The number of halogens is 1. The molecule has 0 radical (unpaired) electrons. The van der Waals surface area contributed by atoms with Crippen LogP contribution in [-0.2, 0) is 0 Å². The molecule has 0 saturated carbocycles. The van der Waals surface area contributed by atoms with E-state index in [9.17, 15) is 9.50 Å². The minimum absolute atomic E-state index is 0.0470. The van der Waals surface area contributed by atoms with Crippen molar-refractivity contribution in [3.8, 4) is 0 Å². The minimum Gasteiger partial charge on any atom is -0.395 e. The topological polar surface area (TPSA) is 49.5 Å². The van der Waals surface area contributed by atoms with E-state index in [0.29, 0.717) is 12.1 Å². The molecular formula is C15H25FN2O. The maximum absolute atomic E-state index is 14.0. The van der Waals surface area contributed by atoms with Gasteiger partial charge in [0.25, 0.3) is 0 Å². The molecule has 0 aliphatic rings. The van der Waals surface area contributed by atoms with E-state index < -0.39 is 0 Å². The number of nitrogens with zero attached hydrogens (tertiary/aromatic N) is 1. The summed E-state index contributed by atoms with van der Waals surface area (Å²) in [6.45, 7) is 6.53. The fraction of sp³-hybridized carbons (Fsp3) is 0.600. The zero-order valence-corrected chi connectivity index (χ0v) is 12.1. The van der Waals surface area contributed by atoms with Crippen LogP contribution in [0.25, 0.3) is 0 Å². The summed E-state index contributed by atoms with van der Waals surface area (Å²) in [5, 5.41) is 9.27. The summed E-state index contributed by atoms with van der Waals surface area (Å²) in [5.74, 6) is -0.276. The highest BCUT2D eigenvalue weighted by Crippen LogP contribution is 2.30. The van der Waals surface area contributed by atoms with Gasteiger partial charge in [0.1, 0.15) is 5.82 Å². The second-order valence-corrected chi connectivity index (χ2v) is 4.85. The van der Waals surface area contributed by atoms with Gasteiger partial charge in [0.15, 0.2) is 0 Å². The summed E-state index contributed by atoms with van der Waals surface area (Å²) in [7, 11) is 0. The summed E-state index contributed by atoms with van der Waals surface area (Å²) in [5.41, 5.74) is 7.24. The second-order valence-electron chi connectivity index (χ2n) is 4.85. The Balaban J connectivity index is 3.25. The third kappa shape index (κ3) is 3.67. The Labute approximate surface area is 115 Å². The lowest BCUT2D eigenvalue weighted by atomic mass is 10.0. The molecule has 0 aliphatic carbocycles. The molecule has 1 atom stereocenters. The van der Waals surface area contributed by atoms with E-state index in [1.54, 1.807) is 13.0 Å². The summed E-state index contributed by atoms with van der Waals surface area (Å²) in [6, 6.07) is 4.93. The van der Waals surface area contributed by atoms with Crippen LogP contribution in [-0.4, -0.2) is 24.3 Å². The van der Waals surface area contributed by atoms with E-state index >= 15 is 0 Å². The van der Waals surface area contributed by atoms with Crippen molar-refractivity contribution in [3.63, 3.8) is 0 Å². The number of hydrogen-bond donors (Lipinski definition) is 2. The first-order valence-corrected chi connectivity index (χ1v) is 6.98. The smallest absolute Gasteiger partial charge is 0.130 e. The molecule has 0 aliphatic heterocycles. The Morgan fingerprint density at radius 3 is 2.42 bits per heavy atom. The van der Waals surface area contributed by atoms with Crippen molar-refractivity contribution in [1.82, 2.24) is 0 Å². The van der Waals surface area contributed by atoms with Gasteiger partial charge in [0.2, 0.25) is 0 Å². The predicted octanol–water partition coefficient (Wildman–Crippen LogP) is 2.83.